The highest BCUT2D eigenvalue weighted by molar-refractivity contribution is 6.31. The highest BCUT2D eigenvalue weighted by Crippen LogP contribution is 2.28. The van der Waals surface area contributed by atoms with Gasteiger partial charge in [0.2, 0.25) is 0 Å². The maximum atomic E-state index is 5.90. The van der Waals surface area contributed by atoms with E-state index in [0.29, 0.717) is 16.7 Å². The molecule has 1 aromatic rings. The number of rotatable bonds is 7. The zero-order valence-corrected chi connectivity index (χ0v) is 11.4. The Hall–Kier alpha value is -1.03. The first kappa shape index (κ1) is 14.0. The van der Waals surface area contributed by atoms with Crippen molar-refractivity contribution in [2.45, 2.75) is 33.1 Å². The van der Waals surface area contributed by atoms with Crippen LogP contribution < -0.4 is 10.1 Å². The zero-order valence-electron chi connectivity index (χ0n) is 10.7. The lowest BCUT2D eigenvalue weighted by Gasteiger charge is -2.10. The summed E-state index contributed by atoms with van der Waals surface area (Å²) in [6.07, 6.45) is 5.01. The van der Waals surface area contributed by atoms with Crippen molar-refractivity contribution in [3.8, 4) is 5.75 Å². The first-order valence-electron chi connectivity index (χ1n) is 5.93. The summed E-state index contributed by atoms with van der Waals surface area (Å²) in [5, 5.41) is 3.56. The Bertz CT molecular complexity index is 345. The highest BCUT2D eigenvalue weighted by atomic mass is 35.5. The van der Waals surface area contributed by atoms with Gasteiger partial charge < -0.3 is 10.1 Å². The third-order valence-corrected chi connectivity index (χ3v) is 2.73. The van der Waals surface area contributed by atoms with E-state index in [9.17, 15) is 0 Å². The largest absolute Gasteiger partial charge is 0.490 e. The van der Waals surface area contributed by atoms with Crippen molar-refractivity contribution in [3.05, 3.63) is 11.5 Å². The number of nitrogens with zero attached hydrogens (tertiary/aromatic N) is 2. The number of aromatic nitrogens is 2. The fraction of sp³-hybridized carbons (Fsp3) is 0.667. The van der Waals surface area contributed by atoms with Crippen LogP contribution in [0.1, 0.15) is 33.1 Å². The first-order valence-corrected chi connectivity index (χ1v) is 6.31. The van der Waals surface area contributed by atoms with E-state index in [2.05, 4.69) is 29.1 Å². The Labute approximate surface area is 108 Å². The molecule has 0 atom stereocenters. The van der Waals surface area contributed by atoms with Gasteiger partial charge in [0.15, 0.2) is 16.7 Å². The third kappa shape index (κ3) is 4.77. The number of anilines is 1. The van der Waals surface area contributed by atoms with Crippen LogP contribution in [-0.2, 0) is 0 Å². The molecule has 0 spiro atoms. The van der Waals surface area contributed by atoms with Gasteiger partial charge in [0, 0.05) is 6.54 Å². The van der Waals surface area contributed by atoms with Gasteiger partial charge in [0.25, 0.3) is 0 Å². The second-order valence-electron chi connectivity index (χ2n) is 4.36. The number of nitrogens with one attached hydrogen (secondary N) is 1. The number of methoxy groups -OCH3 is 1. The zero-order chi connectivity index (χ0) is 12.7. The van der Waals surface area contributed by atoms with Gasteiger partial charge in [0.05, 0.1) is 7.11 Å². The average Bonchev–Trinajstić information content (AvgIpc) is 2.28. The summed E-state index contributed by atoms with van der Waals surface area (Å²) in [5.74, 6) is 1.94. The van der Waals surface area contributed by atoms with Crippen LogP contribution in [-0.4, -0.2) is 23.6 Å². The van der Waals surface area contributed by atoms with Crippen LogP contribution >= 0.6 is 11.6 Å². The molecular weight excluding hydrogens is 238 g/mol. The Morgan fingerprint density at radius 1 is 1.35 bits per heavy atom. The van der Waals surface area contributed by atoms with Gasteiger partial charge >= 0.3 is 0 Å². The first-order chi connectivity index (χ1) is 8.15. The van der Waals surface area contributed by atoms with Crippen LogP contribution in [0.3, 0.4) is 0 Å². The molecule has 5 heteroatoms. The molecule has 17 heavy (non-hydrogen) atoms. The van der Waals surface area contributed by atoms with Gasteiger partial charge in [-0.2, -0.15) is 0 Å². The molecule has 96 valence electrons. The van der Waals surface area contributed by atoms with Gasteiger partial charge in [-0.25, -0.2) is 9.97 Å². The van der Waals surface area contributed by atoms with Crippen molar-refractivity contribution in [1.82, 2.24) is 9.97 Å². The minimum Gasteiger partial charge on any atom is -0.490 e. The molecule has 0 aliphatic rings. The molecule has 0 aliphatic carbocycles. The van der Waals surface area contributed by atoms with E-state index < -0.39 is 0 Å². The fourth-order valence-electron chi connectivity index (χ4n) is 1.54. The van der Waals surface area contributed by atoms with Crippen LogP contribution in [0.2, 0.25) is 5.15 Å². The predicted octanol–water partition coefficient (Wildman–Crippen LogP) is 3.38. The summed E-state index contributed by atoms with van der Waals surface area (Å²) in [4.78, 5) is 7.98. The highest BCUT2D eigenvalue weighted by Gasteiger charge is 2.09. The topological polar surface area (TPSA) is 47.0 Å². The smallest absolute Gasteiger partial charge is 0.198 e. The number of hydrogen-bond acceptors (Lipinski definition) is 4. The maximum Gasteiger partial charge on any atom is 0.198 e. The Morgan fingerprint density at radius 3 is 2.76 bits per heavy atom. The van der Waals surface area contributed by atoms with Gasteiger partial charge in [0.1, 0.15) is 6.33 Å². The summed E-state index contributed by atoms with van der Waals surface area (Å²) in [7, 11) is 1.56. The van der Waals surface area contributed by atoms with Crippen LogP contribution in [0, 0.1) is 5.92 Å². The van der Waals surface area contributed by atoms with Crippen molar-refractivity contribution >= 4 is 17.4 Å². The molecular formula is C12H20ClN3O. The summed E-state index contributed by atoms with van der Waals surface area (Å²) in [5.41, 5.74) is 0. The third-order valence-electron chi connectivity index (χ3n) is 2.47. The second-order valence-corrected chi connectivity index (χ2v) is 4.72. The maximum absolute atomic E-state index is 5.90. The monoisotopic (exact) mass is 257 g/mol. The molecule has 0 aromatic carbocycles. The van der Waals surface area contributed by atoms with Crippen LogP contribution in [0.15, 0.2) is 6.33 Å². The fourth-order valence-corrected chi connectivity index (χ4v) is 1.75. The molecule has 1 heterocycles. The van der Waals surface area contributed by atoms with E-state index in [1.54, 1.807) is 7.11 Å². The summed E-state index contributed by atoms with van der Waals surface area (Å²) in [6, 6.07) is 0. The number of unbranched alkanes of at least 4 members (excludes halogenated alkanes) is 1. The van der Waals surface area contributed by atoms with Gasteiger partial charge in [-0.1, -0.05) is 38.3 Å². The van der Waals surface area contributed by atoms with E-state index in [1.807, 2.05) is 0 Å². The quantitative estimate of drug-likeness (QED) is 0.601. The van der Waals surface area contributed by atoms with E-state index in [4.69, 9.17) is 16.3 Å². The Kier molecular flexibility index (Phi) is 6.05. The van der Waals surface area contributed by atoms with Crippen molar-refractivity contribution in [3.63, 3.8) is 0 Å². The summed E-state index contributed by atoms with van der Waals surface area (Å²) >= 11 is 5.90. The molecule has 0 unspecified atom stereocenters. The lowest BCUT2D eigenvalue weighted by molar-refractivity contribution is 0.413. The summed E-state index contributed by atoms with van der Waals surface area (Å²) < 4.78 is 5.15. The molecule has 0 bridgehead atoms. The molecule has 4 nitrogen and oxygen atoms in total. The normalized spacial score (nSPS) is 10.6. The number of hydrogen-bond donors (Lipinski definition) is 1. The van der Waals surface area contributed by atoms with E-state index in [-0.39, 0.29) is 0 Å². The number of ether oxygens (including phenoxy) is 1. The number of halogens is 1. The molecule has 0 saturated heterocycles. The van der Waals surface area contributed by atoms with Crippen LogP contribution in [0.5, 0.6) is 5.75 Å². The molecule has 0 radical (unpaired) electrons. The molecule has 0 fully saturated rings. The average molecular weight is 258 g/mol. The standard InChI is InChI=1S/C12H20ClN3O/c1-9(2)6-4-5-7-14-12-10(17-3)11(13)15-8-16-12/h8-9H,4-7H2,1-3H3,(H,14,15,16). The SMILES string of the molecule is COc1c(Cl)ncnc1NCCCCC(C)C. The van der Waals surface area contributed by atoms with Gasteiger partial charge in [-0.15, -0.1) is 0 Å². The molecule has 1 rings (SSSR count). The molecule has 0 amide bonds. The lowest BCUT2D eigenvalue weighted by atomic mass is 10.1. The lowest BCUT2D eigenvalue weighted by Crippen LogP contribution is -2.06. The van der Waals surface area contributed by atoms with Crippen molar-refractivity contribution in [2.75, 3.05) is 19.0 Å². The van der Waals surface area contributed by atoms with Gasteiger partial charge in [-0.3, -0.25) is 0 Å². The molecule has 1 aromatic heterocycles. The Balaban J connectivity index is 2.39. The summed E-state index contributed by atoms with van der Waals surface area (Å²) in [6.45, 7) is 5.34. The van der Waals surface area contributed by atoms with Crippen molar-refractivity contribution in [2.24, 2.45) is 5.92 Å². The van der Waals surface area contributed by atoms with E-state index in [1.165, 1.54) is 19.2 Å². The minimum atomic E-state index is 0.340. The molecule has 0 aliphatic heterocycles. The molecule has 1 N–H and O–H groups in total. The van der Waals surface area contributed by atoms with Crippen LogP contribution in [0.4, 0.5) is 5.82 Å². The van der Waals surface area contributed by atoms with E-state index >= 15 is 0 Å². The van der Waals surface area contributed by atoms with Crippen LogP contribution in [0.25, 0.3) is 0 Å². The predicted molar refractivity (Wildman–Crippen MR) is 70.8 cm³/mol. The second kappa shape index (κ2) is 7.33. The van der Waals surface area contributed by atoms with Crippen molar-refractivity contribution in [1.29, 1.82) is 0 Å². The minimum absolute atomic E-state index is 0.340. The van der Waals surface area contributed by atoms with Gasteiger partial charge in [-0.05, 0) is 12.3 Å². The van der Waals surface area contributed by atoms with E-state index in [0.717, 1.165) is 18.9 Å². The molecule has 0 saturated carbocycles. The van der Waals surface area contributed by atoms with Crippen molar-refractivity contribution < 1.29 is 4.74 Å². The Morgan fingerprint density at radius 2 is 2.12 bits per heavy atom.